The van der Waals surface area contributed by atoms with Crippen LogP contribution in [0.15, 0.2) is 18.2 Å². The molecule has 2 saturated carbocycles. The predicted molar refractivity (Wildman–Crippen MR) is 112 cm³/mol. The summed E-state index contributed by atoms with van der Waals surface area (Å²) >= 11 is 5.81. The van der Waals surface area contributed by atoms with Crippen LogP contribution in [0.2, 0.25) is 0 Å². The van der Waals surface area contributed by atoms with E-state index in [9.17, 15) is 10.2 Å². The van der Waals surface area contributed by atoms with Crippen LogP contribution in [-0.4, -0.2) is 28.4 Å². The fourth-order valence-corrected chi connectivity index (χ4v) is 7.08. The van der Waals surface area contributed by atoms with Crippen LogP contribution in [-0.2, 0) is 6.42 Å². The Labute approximate surface area is 173 Å². The van der Waals surface area contributed by atoms with Gasteiger partial charge in [-0.05, 0) is 85.0 Å². The third-order valence-corrected chi connectivity index (χ3v) is 8.50. The molecule has 0 aliphatic heterocycles. The maximum absolute atomic E-state index is 15.6. The summed E-state index contributed by atoms with van der Waals surface area (Å²) in [6.07, 6.45) is 7.58. The zero-order valence-corrected chi connectivity index (χ0v) is 17.7. The molecule has 3 aliphatic rings. The molecule has 1 aromatic rings. The monoisotopic (exact) mass is 408 g/mol. The Hall–Kier alpha value is -0.800. The molecule has 2 N–H and O–H groups in total. The lowest BCUT2D eigenvalue weighted by Gasteiger charge is -2.54. The van der Waals surface area contributed by atoms with E-state index in [0.29, 0.717) is 24.2 Å². The van der Waals surface area contributed by atoms with Gasteiger partial charge in [-0.15, -0.1) is 11.6 Å². The molecule has 3 aliphatic carbocycles. The molecule has 0 bridgehead atoms. The van der Waals surface area contributed by atoms with Crippen molar-refractivity contribution in [3.05, 3.63) is 29.3 Å². The van der Waals surface area contributed by atoms with Crippen LogP contribution in [0.5, 0.6) is 5.75 Å². The van der Waals surface area contributed by atoms with E-state index in [0.717, 1.165) is 62.0 Å². The van der Waals surface area contributed by atoms with Crippen LogP contribution in [0, 0.1) is 23.2 Å². The fraction of sp³-hybridized carbons (Fsp3) is 0.750. The Morgan fingerprint density at radius 2 is 1.96 bits per heavy atom. The molecule has 0 aromatic heterocycles. The van der Waals surface area contributed by atoms with E-state index in [2.05, 4.69) is 6.92 Å². The summed E-state index contributed by atoms with van der Waals surface area (Å²) in [5.41, 5.74) is 1.96. The van der Waals surface area contributed by atoms with E-state index >= 15 is 4.39 Å². The molecular formula is C24H34ClFO2. The van der Waals surface area contributed by atoms with Crippen LogP contribution in [0.25, 0.3) is 0 Å². The number of unbranched alkanes of at least 4 members (excludes halogenated alkanes) is 3. The number of hydrogen-bond donors (Lipinski definition) is 2. The van der Waals surface area contributed by atoms with E-state index in [1.165, 1.54) is 6.42 Å². The summed E-state index contributed by atoms with van der Waals surface area (Å²) in [7, 11) is 0. The number of aliphatic hydroxyl groups is 1. The Morgan fingerprint density at radius 3 is 2.75 bits per heavy atom. The summed E-state index contributed by atoms with van der Waals surface area (Å²) in [5.74, 6) is 2.06. The summed E-state index contributed by atoms with van der Waals surface area (Å²) < 4.78 is 15.6. The van der Waals surface area contributed by atoms with Gasteiger partial charge in [-0.25, -0.2) is 4.39 Å². The van der Waals surface area contributed by atoms with E-state index in [4.69, 9.17) is 11.6 Å². The van der Waals surface area contributed by atoms with Crippen molar-refractivity contribution >= 4 is 11.6 Å². The number of benzene rings is 1. The highest BCUT2D eigenvalue weighted by molar-refractivity contribution is 6.17. The second-order valence-electron chi connectivity index (χ2n) is 9.77. The van der Waals surface area contributed by atoms with E-state index in [1.807, 2.05) is 12.1 Å². The average molecular weight is 409 g/mol. The van der Waals surface area contributed by atoms with Crippen LogP contribution in [0.1, 0.15) is 75.3 Å². The molecule has 0 amide bonds. The molecular weight excluding hydrogens is 375 g/mol. The molecule has 0 heterocycles. The number of fused-ring (bicyclic) bond motifs is 5. The van der Waals surface area contributed by atoms with Gasteiger partial charge in [-0.3, -0.25) is 0 Å². The second kappa shape index (κ2) is 8.14. The second-order valence-corrected chi connectivity index (χ2v) is 10.1. The van der Waals surface area contributed by atoms with Gasteiger partial charge in [-0.1, -0.05) is 32.3 Å². The summed E-state index contributed by atoms with van der Waals surface area (Å²) in [5, 5.41) is 20.7. The van der Waals surface area contributed by atoms with Crippen LogP contribution in [0.4, 0.5) is 4.39 Å². The maximum atomic E-state index is 15.6. The van der Waals surface area contributed by atoms with Gasteiger partial charge in [0.15, 0.2) is 0 Å². The fourth-order valence-electron chi connectivity index (χ4n) is 6.89. The normalized spacial score (nSPS) is 39.3. The summed E-state index contributed by atoms with van der Waals surface area (Å²) in [6.45, 7) is 2.13. The molecule has 156 valence electrons. The molecule has 0 saturated heterocycles. The quantitative estimate of drug-likeness (QED) is 0.449. The minimum Gasteiger partial charge on any atom is -0.508 e. The first-order chi connectivity index (χ1) is 13.5. The topological polar surface area (TPSA) is 40.5 Å². The number of aliphatic hydroxyl groups excluding tert-OH is 1. The minimum atomic E-state index is -0.915. The summed E-state index contributed by atoms with van der Waals surface area (Å²) in [4.78, 5) is 0. The number of rotatable bonds is 6. The molecule has 0 spiro atoms. The zero-order valence-electron chi connectivity index (χ0n) is 16.9. The Balaban J connectivity index is 1.64. The van der Waals surface area contributed by atoms with Gasteiger partial charge in [-0.2, -0.15) is 0 Å². The van der Waals surface area contributed by atoms with Crippen molar-refractivity contribution in [3.63, 3.8) is 0 Å². The van der Waals surface area contributed by atoms with Gasteiger partial charge in [0.05, 0.1) is 6.10 Å². The zero-order chi connectivity index (χ0) is 19.9. The molecule has 0 radical (unpaired) electrons. The van der Waals surface area contributed by atoms with Gasteiger partial charge >= 0.3 is 0 Å². The standard InChI is InChI=1S/C24H34ClFO2/c1-24-14-20(26)23-18-8-7-17(27)13-16(18)12-15(6-4-2-3-5-11-25)22(23)19(24)9-10-21(24)28/h7-8,13,15,19-23,27-28H,2-6,9-12,14H2,1H3/t15-,19+,20+,21+,22+,23+,24+/m1/s1. The molecule has 4 heteroatoms. The summed E-state index contributed by atoms with van der Waals surface area (Å²) in [6, 6.07) is 5.53. The van der Waals surface area contributed by atoms with E-state index in [1.54, 1.807) is 6.07 Å². The van der Waals surface area contributed by atoms with Crippen molar-refractivity contribution in [2.24, 2.45) is 23.2 Å². The first kappa shape index (κ1) is 20.5. The highest BCUT2D eigenvalue weighted by Gasteiger charge is 2.59. The Morgan fingerprint density at radius 1 is 1.18 bits per heavy atom. The van der Waals surface area contributed by atoms with E-state index < -0.39 is 6.17 Å². The lowest BCUT2D eigenvalue weighted by molar-refractivity contribution is -0.0722. The van der Waals surface area contributed by atoms with Crippen LogP contribution >= 0.6 is 11.6 Å². The van der Waals surface area contributed by atoms with Crippen molar-refractivity contribution in [1.82, 2.24) is 0 Å². The SMILES string of the molecule is C[C@]12C[C@H](F)[C@@H]3c4ccc(O)cc4C[C@@H](CCCCCCCl)[C@H]3[C@@H]1CC[C@@H]2O. The van der Waals surface area contributed by atoms with Crippen molar-refractivity contribution < 1.29 is 14.6 Å². The number of halogens is 2. The molecule has 0 unspecified atom stereocenters. The van der Waals surface area contributed by atoms with Crippen molar-refractivity contribution in [2.45, 2.75) is 82.9 Å². The first-order valence-electron chi connectivity index (χ1n) is 11.2. The first-order valence-corrected chi connectivity index (χ1v) is 11.7. The maximum Gasteiger partial charge on any atom is 0.115 e. The molecule has 7 atom stereocenters. The lowest BCUT2D eigenvalue weighted by Crippen LogP contribution is -2.51. The largest absolute Gasteiger partial charge is 0.508 e. The molecule has 1 aromatic carbocycles. The lowest BCUT2D eigenvalue weighted by atomic mass is 9.51. The third kappa shape index (κ3) is 3.47. The Bertz CT molecular complexity index is 695. The third-order valence-electron chi connectivity index (χ3n) is 8.23. The minimum absolute atomic E-state index is 0.0828. The number of phenols is 1. The van der Waals surface area contributed by atoms with Gasteiger partial charge in [0.2, 0.25) is 0 Å². The van der Waals surface area contributed by atoms with Crippen molar-refractivity contribution in [3.8, 4) is 5.75 Å². The number of hydrogen-bond acceptors (Lipinski definition) is 2. The molecule has 28 heavy (non-hydrogen) atoms. The average Bonchev–Trinajstić information content (AvgIpc) is 2.95. The number of aromatic hydroxyl groups is 1. The van der Waals surface area contributed by atoms with Gasteiger partial charge < -0.3 is 10.2 Å². The highest BCUT2D eigenvalue weighted by Crippen LogP contribution is 2.63. The van der Waals surface area contributed by atoms with Gasteiger partial charge in [0, 0.05) is 11.8 Å². The predicted octanol–water partition coefficient (Wildman–Crippen LogP) is 5.97. The molecule has 2 fully saturated rings. The van der Waals surface area contributed by atoms with Crippen LogP contribution in [0.3, 0.4) is 0 Å². The molecule has 4 rings (SSSR count). The van der Waals surface area contributed by atoms with E-state index in [-0.39, 0.29) is 23.2 Å². The number of phenolic OH excluding ortho intramolecular Hbond substituents is 1. The van der Waals surface area contributed by atoms with Crippen molar-refractivity contribution in [1.29, 1.82) is 0 Å². The number of alkyl halides is 2. The van der Waals surface area contributed by atoms with Crippen molar-refractivity contribution in [2.75, 3.05) is 5.88 Å². The Kier molecular flexibility index (Phi) is 5.95. The van der Waals surface area contributed by atoms with Gasteiger partial charge in [0.1, 0.15) is 11.9 Å². The molecule has 2 nitrogen and oxygen atoms in total. The highest BCUT2D eigenvalue weighted by atomic mass is 35.5. The van der Waals surface area contributed by atoms with Crippen LogP contribution < -0.4 is 0 Å². The smallest absolute Gasteiger partial charge is 0.115 e. The van der Waals surface area contributed by atoms with Gasteiger partial charge in [0.25, 0.3) is 0 Å².